The second kappa shape index (κ2) is 4.74. The van der Waals surface area contributed by atoms with Gasteiger partial charge in [0.25, 0.3) is 0 Å². The number of halogens is 3. The van der Waals surface area contributed by atoms with E-state index in [-0.39, 0.29) is 12.8 Å². The average Bonchev–Trinajstić information content (AvgIpc) is 2.73. The first-order chi connectivity index (χ1) is 7.91. The molecule has 17 heavy (non-hydrogen) atoms. The lowest BCUT2D eigenvalue weighted by Gasteiger charge is -2.39. The highest BCUT2D eigenvalue weighted by Crippen LogP contribution is 2.38. The molecule has 0 bridgehead atoms. The summed E-state index contributed by atoms with van der Waals surface area (Å²) in [4.78, 5) is 2.00. The monoisotopic (exact) mass is 253 g/mol. The van der Waals surface area contributed by atoms with Crippen molar-refractivity contribution in [1.82, 2.24) is 4.90 Å². The zero-order chi connectivity index (χ0) is 12.5. The molecule has 2 saturated heterocycles. The molecule has 2 heterocycles. The molecule has 2 aliphatic heterocycles. The molecule has 0 unspecified atom stereocenters. The van der Waals surface area contributed by atoms with Crippen LogP contribution < -0.4 is 0 Å². The van der Waals surface area contributed by atoms with Crippen LogP contribution in [0.15, 0.2) is 0 Å². The van der Waals surface area contributed by atoms with Crippen LogP contribution in [-0.2, 0) is 4.74 Å². The van der Waals surface area contributed by atoms with Crippen molar-refractivity contribution < 1.29 is 23.0 Å². The van der Waals surface area contributed by atoms with Crippen LogP contribution in [0.1, 0.15) is 19.3 Å². The molecule has 0 spiro atoms. The number of alkyl halides is 3. The molecule has 0 amide bonds. The highest BCUT2D eigenvalue weighted by molar-refractivity contribution is 4.92. The summed E-state index contributed by atoms with van der Waals surface area (Å²) >= 11 is 0. The third-order valence-corrected chi connectivity index (χ3v) is 3.75. The van der Waals surface area contributed by atoms with Crippen molar-refractivity contribution in [2.45, 2.75) is 31.0 Å². The molecule has 1 N–H and O–H groups in total. The topological polar surface area (TPSA) is 32.7 Å². The highest BCUT2D eigenvalue weighted by Gasteiger charge is 2.54. The molecular formula is C11H18F3NO2. The number of hydrogen-bond acceptors (Lipinski definition) is 3. The molecular weight excluding hydrogens is 235 g/mol. The molecule has 0 aromatic heterocycles. The number of nitrogens with zero attached hydrogens (tertiary/aromatic N) is 1. The predicted octanol–water partition coefficient (Wildman–Crippen LogP) is 1.41. The third-order valence-electron chi connectivity index (χ3n) is 3.75. The maximum absolute atomic E-state index is 12.6. The van der Waals surface area contributed by atoms with Crippen molar-refractivity contribution in [3.8, 4) is 0 Å². The smallest absolute Gasteiger partial charge is 0.381 e. The molecule has 0 aliphatic carbocycles. The average molecular weight is 253 g/mol. The third kappa shape index (κ3) is 2.92. The molecule has 2 rings (SSSR count). The van der Waals surface area contributed by atoms with Gasteiger partial charge in [0, 0.05) is 26.2 Å². The van der Waals surface area contributed by atoms with E-state index in [2.05, 4.69) is 0 Å². The van der Waals surface area contributed by atoms with E-state index in [1.165, 1.54) is 0 Å². The van der Waals surface area contributed by atoms with Gasteiger partial charge in [-0.2, -0.15) is 13.2 Å². The van der Waals surface area contributed by atoms with Crippen LogP contribution in [0, 0.1) is 5.92 Å². The second-order valence-corrected chi connectivity index (χ2v) is 5.06. The summed E-state index contributed by atoms with van der Waals surface area (Å²) in [6, 6.07) is 0. The van der Waals surface area contributed by atoms with Crippen LogP contribution in [0.2, 0.25) is 0 Å². The number of hydrogen-bond donors (Lipinski definition) is 1. The van der Waals surface area contributed by atoms with Gasteiger partial charge in [0.05, 0.1) is 6.61 Å². The van der Waals surface area contributed by atoms with Gasteiger partial charge in [-0.15, -0.1) is 0 Å². The van der Waals surface area contributed by atoms with Crippen molar-refractivity contribution in [3.05, 3.63) is 0 Å². The van der Waals surface area contributed by atoms with E-state index in [1.807, 2.05) is 4.90 Å². The van der Waals surface area contributed by atoms with Crippen molar-refractivity contribution in [3.63, 3.8) is 0 Å². The van der Waals surface area contributed by atoms with Crippen molar-refractivity contribution in [2.24, 2.45) is 5.92 Å². The lowest BCUT2D eigenvalue weighted by atomic mass is 9.90. The summed E-state index contributed by atoms with van der Waals surface area (Å²) in [5.41, 5.74) is -2.48. The van der Waals surface area contributed by atoms with Crippen LogP contribution in [0.3, 0.4) is 0 Å². The largest absolute Gasteiger partial charge is 0.417 e. The Morgan fingerprint density at radius 3 is 2.41 bits per heavy atom. The summed E-state index contributed by atoms with van der Waals surface area (Å²) in [5.74, 6) is 0.437. The number of ether oxygens (including phenoxy) is 1. The lowest BCUT2D eigenvalue weighted by molar-refractivity contribution is -0.272. The van der Waals surface area contributed by atoms with Gasteiger partial charge in [0.2, 0.25) is 0 Å². The van der Waals surface area contributed by atoms with Gasteiger partial charge >= 0.3 is 6.18 Å². The Morgan fingerprint density at radius 1 is 1.29 bits per heavy atom. The van der Waals surface area contributed by atoms with Crippen molar-refractivity contribution >= 4 is 0 Å². The Labute approximate surface area is 98.5 Å². The molecule has 0 aromatic carbocycles. The first-order valence-corrected chi connectivity index (χ1v) is 6.00. The minimum Gasteiger partial charge on any atom is -0.381 e. The van der Waals surface area contributed by atoms with E-state index >= 15 is 0 Å². The minimum absolute atomic E-state index is 0.218. The number of piperidine rings is 1. The van der Waals surface area contributed by atoms with Gasteiger partial charge in [-0.25, -0.2) is 0 Å². The van der Waals surface area contributed by atoms with Crippen LogP contribution in [0.25, 0.3) is 0 Å². The number of aliphatic hydroxyl groups is 1. The Hall–Kier alpha value is -0.330. The van der Waals surface area contributed by atoms with E-state index in [1.54, 1.807) is 0 Å². The first-order valence-electron chi connectivity index (χ1n) is 6.00. The summed E-state index contributed by atoms with van der Waals surface area (Å²) in [7, 11) is 0. The molecule has 2 fully saturated rings. The van der Waals surface area contributed by atoms with Gasteiger partial charge in [0.1, 0.15) is 0 Å². The van der Waals surface area contributed by atoms with Gasteiger partial charge in [-0.3, -0.25) is 0 Å². The van der Waals surface area contributed by atoms with Crippen molar-refractivity contribution in [1.29, 1.82) is 0 Å². The summed E-state index contributed by atoms with van der Waals surface area (Å²) in [5, 5.41) is 9.51. The minimum atomic E-state index is -4.50. The first kappa shape index (κ1) is 13.1. The fraction of sp³-hybridized carbons (Fsp3) is 1.00. The number of likely N-dealkylation sites (tertiary alicyclic amines) is 1. The quantitative estimate of drug-likeness (QED) is 0.807. The van der Waals surface area contributed by atoms with Gasteiger partial charge in [0.15, 0.2) is 5.60 Å². The lowest BCUT2D eigenvalue weighted by Crippen LogP contribution is -2.53. The number of rotatable bonds is 2. The van der Waals surface area contributed by atoms with E-state index < -0.39 is 11.8 Å². The maximum atomic E-state index is 12.6. The Bertz CT molecular complexity index is 256. The van der Waals surface area contributed by atoms with Gasteiger partial charge < -0.3 is 14.7 Å². The molecule has 0 saturated carbocycles. The Balaban J connectivity index is 1.81. The van der Waals surface area contributed by atoms with Crippen LogP contribution in [0.4, 0.5) is 13.2 Å². The van der Waals surface area contributed by atoms with Gasteiger partial charge in [-0.05, 0) is 25.2 Å². The Morgan fingerprint density at radius 2 is 1.94 bits per heavy atom. The second-order valence-electron chi connectivity index (χ2n) is 5.06. The normalized spacial score (nSPS) is 30.7. The molecule has 100 valence electrons. The molecule has 1 atom stereocenters. The van der Waals surface area contributed by atoms with Gasteiger partial charge in [-0.1, -0.05) is 0 Å². The molecule has 3 nitrogen and oxygen atoms in total. The molecule has 0 aromatic rings. The standard InChI is InChI=1S/C11H18F3NO2/c12-11(13,14)10(16)2-4-15(5-3-10)7-9-1-6-17-8-9/h9,16H,1-8H2/t9-/m1/s1. The van der Waals surface area contributed by atoms with Crippen LogP contribution in [0.5, 0.6) is 0 Å². The summed E-state index contributed by atoms with van der Waals surface area (Å²) < 4.78 is 42.9. The fourth-order valence-electron chi connectivity index (χ4n) is 2.48. The zero-order valence-electron chi connectivity index (χ0n) is 9.67. The highest BCUT2D eigenvalue weighted by atomic mass is 19.4. The fourth-order valence-corrected chi connectivity index (χ4v) is 2.48. The molecule has 0 radical (unpaired) electrons. The maximum Gasteiger partial charge on any atom is 0.417 e. The molecule has 6 heteroatoms. The van der Waals surface area contributed by atoms with E-state index in [0.717, 1.165) is 19.6 Å². The van der Waals surface area contributed by atoms with Crippen LogP contribution in [-0.4, -0.2) is 54.6 Å². The van der Waals surface area contributed by atoms with Crippen LogP contribution >= 0.6 is 0 Å². The van der Waals surface area contributed by atoms with Crippen molar-refractivity contribution in [2.75, 3.05) is 32.8 Å². The SMILES string of the molecule is OC1(C(F)(F)F)CCN(C[C@H]2CCOC2)CC1. The van der Waals surface area contributed by atoms with E-state index in [9.17, 15) is 18.3 Å². The van der Waals surface area contributed by atoms with E-state index in [4.69, 9.17) is 4.74 Å². The van der Waals surface area contributed by atoms with E-state index in [0.29, 0.717) is 25.6 Å². The summed E-state index contributed by atoms with van der Waals surface area (Å²) in [6.07, 6.45) is -3.95. The zero-order valence-corrected chi connectivity index (χ0v) is 9.67. The molecule has 2 aliphatic rings. The summed E-state index contributed by atoms with van der Waals surface area (Å²) in [6.45, 7) is 2.87. The Kier molecular flexibility index (Phi) is 3.66. The predicted molar refractivity (Wildman–Crippen MR) is 55.6 cm³/mol.